The molecule has 0 saturated carbocycles. The van der Waals surface area contributed by atoms with Gasteiger partial charge in [-0.25, -0.2) is 4.39 Å². The fraction of sp³-hybridized carbons (Fsp3) is 0.133. The number of carbonyl (C=O) groups excluding carboxylic acids is 1. The van der Waals surface area contributed by atoms with Gasteiger partial charge in [-0.2, -0.15) is 0 Å². The van der Waals surface area contributed by atoms with Crippen molar-refractivity contribution in [1.82, 2.24) is 0 Å². The predicted molar refractivity (Wildman–Crippen MR) is 75.6 cm³/mol. The van der Waals surface area contributed by atoms with Gasteiger partial charge in [-0.15, -0.1) is 0 Å². The lowest BCUT2D eigenvalue weighted by molar-refractivity contribution is 0.0993. The van der Waals surface area contributed by atoms with Gasteiger partial charge in [0, 0.05) is 12.0 Å². The average molecular weight is 297 g/mol. The number of rotatable bonds is 3. The zero-order valence-corrected chi connectivity index (χ0v) is 11.7. The minimum absolute atomic E-state index is 0.0142. The van der Waals surface area contributed by atoms with Gasteiger partial charge < -0.3 is 0 Å². The summed E-state index contributed by atoms with van der Waals surface area (Å²) in [6.45, 7) is 1.90. The Kier molecular flexibility index (Phi) is 4.23. The fourth-order valence-electron chi connectivity index (χ4n) is 1.78. The Morgan fingerprint density at radius 1 is 1.11 bits per heavy atom. The first-order valence-electron chi connectivity index (χ1n) is 5.70. The molecule has 0 amide bonds. The molecule has 19 heavy (non-hydrogen) atoms. The van der Waals surface area contributed by atoms with E-state index in [0.29, 0.717) is 16.1 Å². The van der Waals surface area contributed by atoms with E-state index in [2.05, 4.69) is 0 Å². The molecule has 0 spiro atoms. The molecule has 4 heteroatoms. The van der Waals surface area contributed by atoms with E-state index >= 15 is 0 Å². The van der Waals surface area contributed by atoms with Crippen LogP contribution in [0.2, 0.25) is 10.0 Å². The topological polar surface area (TPSA) is 17.1 Å². The van der Waals surface area contributed by atoms with Crippen LogP contribution in [-0.2, 0) is 6.42 Å². The number of benzene rings is 2. The maximum absolute atomic E-state index is 13.0. The highest BCUT2D eigenvalue weighted by Gasteiger charge is 2.12. The summed E-state index contributed by atoms with van der Waals surface area (Å²) in [6.07, 6.45) is 0.142. The summed E-state index contributed by atoms with van der Waals surface area (Å²) in [5.74, 6) is -0.612. The lowest BCUT2D eigenvalue weighted by atomic mass is 10.0. The van der Waals surface area contributed by atoms with Crippen LogP contribution < -0.4 is 0 Å². The maximum Gasteiger partial charge on any atom is 0.168 e. The van der Waals surface area contributed by atoms with Crippen LogP contribution in [0, 0.1) is 12.7 Å². The van der Waals surface area contributed by atoms with Gasteiger partial charge >= 0.3 is 0 Å². The second-order valence-corrected chi connectivity index (χ2v) is 5.15. The van der Waals surface area contributed by atoms with Gasteiger partial charge in [-0.1, -0.05) is 35.3 Å². The van der Waals surface area contributed by atoms with Crippen molar-refractivity contribution in [2.75, 3.05) is 0 Å². The van der Waals surface area contributed by atoms with Gasteiger partial charge in [0.25, 0.3) is 0 Å². The molecule has 2 aromatic rings. The van der Waals surface area contributed by atoms with Crippen molar-refractivity contribution in [2.24, 2.45) is 0 Å². The summed E-state index contributed by atoms with van der Waals surface area (Å²) >= 11 is 11.7. The molecular formula is C15H11Cl2FO. The van der Waals surface area contributed by atoms with Crippen LogP contribution in [0.3, 0.4) is 0 Å². The SMILES string of the molecule is Cc1ccc(C(=O)Cc2ccc(F)c(Cl)c2)c(Cl)c1. The van der Waals surface area contributed by atoms with Crippen molar-refractivity contribution in [3.05, 3.63) is 69.0 Å². The molecule has 0 saturated heterocycles. The zero-order valence-electron chi connectivity index (χ0n) is 10.2. The normalized spacial score (nSPS) is 10.5. The molecule has 98 valence electrons. The Hall–Kier alpha value is -1.38. The number of aryl methyl sites for hydroxylation is 1. The second-order valence-electron chi connectivity index (χ2n) is 4.33. The van der Waals surface area contributed by atoms with Crippen LogP contribution >= 0.6 is 23.2 Å². The first-order chi connectivity index (χ1) is 8.97. The van der Waals surface area contributed by atoms with Crippen LogP contribution in [0.25, 0.3) is 0 Å². The van der Waals surface area contributed by atoms with Crippen molar-refractivity contribution < 1.29 is 9.18 Å². The average Bonchev–Trinajstić information content (AvgIpc) is 2.33. The Labute approximate surface area is 121 Å². The standard InChI is InChI=1S/C15H11Cl2FO/c1-9-2-4-11(12(16)6-9)15(19)8-10-3-5-14(18)13(17)7-10/h2-7H,8H2,1H3. The summed E-state index contributed by atoms with van der Waals surface area (Å²) in [5.41, 5.74) is 2.12. The quantitative estimate of drug-likeness (QED) is 0.739. The largest absolute Gasteiger partial charge is 0.294 e. The first kappa shape index (κ1) is 14.0. The number of carbonyl (C=O) groups is 1. The minimum Gasteiger partial charge on any atom is -0.294 e. The van der Waals surface area contributed by atoms with E-state index in [1.54, 1.807) is 18.2 Å². The summed E-state index contributed by atoms with van der Waals surface area (Å²) in [5, 5.41) is 0.443. The molecular weight excluding hydrogens is 286 g/mol. The van der Waals surface area contributed by atoms with Gasteiger partial charge in [0.2, 0.25) is 0 Å². The predicted octanol–water partition coefficient (Wildman–Crippen LogP) is 4.87. The fourth-order valence-corrected chi connectivity index (χ4v) is 2.32. The Morgan fingerprint density at radius 3 is 2.47 bits per heavy atom. The van der Waals surface area contributed by atoms with E-state index in [1.165, 1.54) is 12.1 Å². The van der Waals surface area contributed by atoms with Crippen LogP contribution in [0.1, 0.15) is 21.5 Å². The summed E-state index contributed by atoms with van der Waals surface area (Å²) in [6, 6.07) is 9.52. The van der Waals surface area contributed by atoms with Crippen molar-refractivity contribution in [3.63, 3.8) is 0 Å². The molecule has 2 rings (SSSR count). The third-order valence-corrected chi connectivity index (χ3v) is 3.38. The number of halogens is 3. The van der Waals surface area contributed by atoms with Crippen LogP contribution in [0.4, 0.5) is 4.39 Å². The smallest absolute Gasteiger partial charge is 0.168 e. The van der Waals surface area contributed by atoms with Gasteiger partial charge in [0.05, 0.1) is 10.0 Å². The molecule has 0 fully saturated rings. The Balaban J connectivity index is 2.23. The van der Waals surface area contributed by atoms with E-state index in [4.69, 9.17) is 23.2 Å². The Bertz CT molecular complexity index is 638. The molecule has 0 radical (unpaired) electrons. The summed E-state index contributed by atoms with van der Waals surface area (Å²) < 4.78 is 13.0. The van der Waals surface area contributed by atoms with Gasteiger partial charge in [-0.3, -0.25) is 4.79 Å². The first-order valence-corrected chi connectivity index (χ1v) is 6.46. The monoisotopic (exact) mass is 296 g/mol. The van der Waals surface area contributed by atoms with Gasteiger partial charge in [-0.05, 0) is 42.3 Å². The third kappa shape index (κ3) is 3.34. The van der Waals surface area contributed by atoms with Crippen LogP contribution in [0.15, 0.2) is 36.4 Å². The zero-order chi connectivity index (χ0) is 14.0. The van der Waals surface area contributed by atoms with E-state index in [9.17, 15) is 9.18 Å². The molecule has 2 aromatic carbocycles. The highest BCUT2D eigenvalue weighted by Crippen LogP contribution is 2.21. The molecule has 0 aliphatic heterocycles. The minimum atomic E-state index is -0.494. The molecule has 0 unspecified atom stereocenters. The van der Waals surface area contributed by atoms with Crippen molar-refractivity contribution in [3.8, 4) is 0 Å². The second kappa shape index (κ2) is 5.72. The maximum atomic E-state index is 13.0. The van der Waals surface area contributed by atoms with Crippen molar-refractivity contribution in [2.45, 2.75) is 13.3 Å². The van der Waals surface area contributed by atoms with Gasteiger partial charge in [0.15, 0.2) is 5.78 Å². The number of hydrogen-bond acceptors (Lipinski definition) is 1. The molecule has 0 aromatic heterocycles. The summed E-state index contributed by atoms with van der Waals surface area (Å²) in [4.78, 5) is 12.1. The van der Waals surface area contributed by atoms with Crippen molar-refractivity contribution in [1.29, 1.82) is 0 Å². The molecule has 0 aliphatic carbocycles. The Morgan fingerprint density at radius 2 is 1.84 bits per heavy atom. The number of Topliss-reactive ketones (excluding diaryl/α,β-unsaturated/α-hetero) is 1. The number of hydrogen-bond donors (Lipinski definition) is 0. The highest BCUT2D eigenvalue weighted by atomic mass is 35.5. The van der Waals surface area contributed by atoms with E-state index in [-0.39, 0.29) is 17.2 Å². The van der Waals surface area contributed by atoms with Crippen LogP contribution in [-0.4, -0.2) is 5.78 Å². The van der Waals surface area contributed by atoms with Crippen LogP contribution in [0.5, 0.6) is 0 Å². The van der Waals surface area contributed by atoms with E-state index in [0.717, 1.165) is 5.56 Å². The van der Waals surface area contributed by atoms with E-state index in [1.807, 2.05) is 13.0 Å². The molecule has 0 atom stereocenters. The van der Waals surface area contributed by atoms with Crippen molar-refractivity contribution >= 4 is 29.0 Å². The van der Waals surface area contributed by atoms with Gasteiger partial charge in [0.1, 0.15) is 5.82 Å². The molecule has 0 bridgehead atoms. The molecule has 1 nitrogen and oxygen atoms in total. The number of ketones is 1. The highest BCUT2D eigenvalue weighted by molar-refractivity contribution is 6.34. The molecule has 0 heterocycles. The molecule has 0 aliphatic rings. The summed E-state index contributed by atoms with van der Waals surface area (Å²) in [7, 11) is 0. The van der Waals surface area contributed by atoms with E-state index < -0.39 is 5.82 Å². The lowest BCUT2D eigenvalue weighted by Gasteiger charge is -2.05. The lowest BCUT2D eigenvalue weighted by Crippen LogP contribution is -2.04. The molecule has 0 N–H and O–H groups in total. The third-order valence-electron chi connectivity index (χ3n) is 2.77.